The topological polar surface area (TPSA) is 17.8 Å². The molecule has 20 heavy (non-hydrogen) atoms. The molecule has 0 radical (unpaired) electrons. The Balaban J connectivity index is 2.03. The van der Waals surface area contributed by atoms with Crippen molar-refractivity contribution in [1.29, 1.82) is 0 Å². The number of hydrogen-bond donors (Lipinski definition) is 0. The molecule has 0 atom stereocenters. The van der Waals surface area contributed by atoms with Crippen LogP contribution in [0.5, 0.6) is 0 Å². The number of halogens is 3. The van der Waals surface area contributed by atoms with E-state index in [9.17, 15) is 8.78 Å². The number of aryl methyl sites for hydroxylation is 2. The zero-order valence-electron chi connectivity index (χ0n) is 10.4. The van der Waals surface area contributed by atoms with Crippen LogP contribution in [0.4, 0.5) is 8.78 Å². The summed E-state index contributed by atoms with van der Waals surface area (Å²) in [6, 6.07) is 6.16. The number of alkyl halides is 1. The van der Waals surface area contributed by atoms with E-state index < -0.39 is 11.6 Å². The van der Waals surface area contributed by atoms with Gasteiger partial charge in [-0.25, -0.2) is 13.8 Å². The third kappa shape index (κ3) is 2.43. The van der Waals surface area contributed by atoms with Gasteiger partial charge in [-0.1, -0.05) is 6.07 Å². The standard InChI is InChI=1S/C14H11ClF2N2S/c15-8-13-18-14-11(17)6-9(16)7-12(14)19(13)4-3-10-2-1-5-20-10/h1-2,5-7H,3-4,8H2. The number of thiophene rings is 1. The number of fused-ring (bicyclic) bond motifs is 1. The van der Waals surface area contributed by atoms with Gasteiger partial charge in [0.1, 0.15) is 17.2 Å². The highest BCUT2D eigenvalue weighted by Crippen LogP contribution is 2.23. The second kappa shape index (κ2) is 5.50. The highest BCUT2D eigenvalue weighted by Gasteiger charge is 2.15. The van der Waals surface area contributed by atoms with Crippen LogP contribution < -0.4 is 0 Å². The minimum atomic E-state index is -0.652. The Morgan fingerprint density at radius 3 is 2.85 bits per heavy atom. The molecule has 0 unspecified atom stereocenters. The van der Waals surface area contributed by atoms with Gasteiger partial charge in [-0.3, -0.25) is 0 Å². The maximum Gasteiger partial charge on any atom is 0.153 e. The molecule has 2 aromatic heterocycles. The number of hydrogen-bond acceptors (Lipinski definition) is 2. The predicted octanol–water partition coefficient (Wildman–Crippen LogP) is 4.36. The average Bonchev–Trinajstić information content (AvgIpc) is 3.03. The van der Waals surface area contributed by atoms with E-state index >= 15 is 0 Å². The Labute approximate surface area is 123 Å². The molecule has 104 valence electrons. The van der Waals surface area contributed by atoms with Crippen LogP contribution in [0.3, 0.4) is 0 Å². The van der Waals surface area contributed by atoms with Gasteiger partial charge in [-0.05, 0) is 23.9 Å². The Hall–Kier alpha value is -1.46. The lowest BCUT2D eigenvalue weighted by atomic mass is 10.3. The van der Waals surface area contributed by atoms with Crippen molar-refractivity contribution in [3.63, 3.8) is 0 Å². The van der Waals surface area contributed by atoms with E-state index in [2.05, 4.69) is 4.98 Å². The van der Waals surface area contributed by atoms with Gasteiger partial charge in [0.05, 0.1) is 11.4 Å². The van der Waals surface area contributed by atoms with Gasteiger partial charge < -0.3 is 4.57 Å². The fraction of sp³-hybridized carbons (Fsp3) is 0.214. The molecule has 6 heteroatoms. The van der Waals surface area contributed by atoms with E-state index in [1.807, 2.05) is 17.5 Å². The lowest BCUT2D eigenvalue weighted by Gasteiger charge is -2.06. The van der Waals surface area contributed by atoms with E-state index in [1.165, 1.54) is 10.9 Å². The smallest absolute Gasteiger partial charge is 0.153 e. The minimum absolute atomic E-state index is 0.167. The van der Waals surface area contributed by atoms with Crippen LogP contribution in [0.15, 0.2) is 29.6 Å². The highest BCUT2D eigenvalue weighted by molar-refractivity contribution is 7.09. The third-order valence-corrected chi connectivity index (χ3v) is 4.31. The van der Waals surface area contributed by atoms with Crippen LogP contribution in [0, 0.1) is 11.6 Å². The molecule has 0 spiro atoms. The molecular weight excluding hydrogens is 302 g/mol. The molecule has 0 aliphatic carbocycles. The summed E-state index contributed by atoms with van der Waals surface area (Å²) in [5, 5.41) is 2.00. The Morgan fingerprint density at radius 2 is 2.15 bits per heavy atom. The summed E-state index contributed by atoms with van der Waals surface area (Å²) in [5.41, 5.74) is 0.628. The normalized spacial score (nSPS) is 11.3. The number of benzene rings is 1. The number of imidazole rings is 1. The van der Waals surface area contributed by atoms with E-state index in [4.69, 9.17) is 11.6 Å². The summed E-state index contributed by atoms with van der Waals surface area (Å²) >= 11 is 7.51. The maximum absolute atomic E-state index is 13.7. The quantitative estimate of drug-likeness (QED) is 0.655. The van der Waals surface area contributed by atoms with Crippen LogP contribution in [0.2, 0.25) is 0 Å². The summed E-state index contributed by atoms with van der Waals surface area (Å²) in [6.07, 6.45) is 0.783. The largest absolute Gasteiger partial charge is 0.326 e. The van der Waals surface area contributed by atoms with Crippen LogP contribution >= 0.6 is 22.9 Å². The summed E-state index contributed by atoms with van der Waals surface area (Å²) in [5.74, 6) is -0.530. The van der Waals surface area contributed by atoms with E-state index in [1.54, 1.807) is 15.9 Å². The van der Waals surface area contributed by atoms with E-state index in [0.717, 1.165) is 12.5 Å². The molecule has 2 nitrogen and oxygen atoms in total. The molecule has 1 aromatic carbocycles. The van der Waals surface area contributed by atoms with Crippen molar-refractivity contribution in [3.8, 4) is 0 Å². The monoisotopic (exact) mass is 312 g/mol. The molecule has 2 heterocycles. The lowest BCUT2D eigenvalue weighted by Crippen LogP contribution is -2.04. The molecular formula is C14H11ClF2N2S. The predicted molar refractivity (Wildman–Crippen MR) is 77.2 cm³/mol. The van der Waals surface area contributed by atoms with Crippen molar-refractivity contribution in [1.82, 2.24) is 9.55 Å². The summed E-state index contributed by atoms with van der Waals surface area (Å²) in [7, 11) is 0. The van der Waals surface area contributed by atoms with E-state index in [0.29, 0.717) is 17.9 Å². The number of aromatic nitrogens is 2. The fourth-order valence-corrected chi connectivity index (χ4v) is 3.13. The first-order valence-corrected chi connectivity index (χ1v) is 7.53. The van der Waals surface area contributed by atoms with Crippen molar-refractivity contribution in [3.05, 3.63) is 52.0 Å². The van der Waals surface area contributed by atoms with Crippen molar-refractivity contribution < 1.29 is 8.78 Å². The molecule has 3 aromatic rings. The van der Waals surface area contributed by atoms with E-state index in [-0.39, 0.29) is 11.4 Å². The summed E-state index contributed by atoms with van der Waals surface area (Å²) in [4.78, 5) is 5.38. The second-order valence-corrected chi connectivity index (χ2v) is 5.70. The summed E-state index contributed by atoms with van der Waals surface area (Å²) in [6.45, 7) is 0.599. The number of rotatable bonds is 4. The maximum atomic E-state index is 13.7. The average molecular weight is 313 g/mol. The second-order valence-electron chi connectivity index (χ2n) is 4.40. The molecule has 0 bridgehead atoms. The van der Waals surface area contributed by atoms with Gasteiger partial charge in [-0.15, -0.1) is 22.9 Å². The fourth-order valence-electron chi connectivity index (χ4n) is 2.23. The van der Waals surface area contributed by atoms with Gasteiger partial charge in [0.25, 0.3) is 0 Å². The zero-order valence-corrected chi connectivity index (χ0v) is 12.0. The Morgan fingerprint density at radius 1 is 1.30 bits per heavy atom. The van der Waals surface area contributed by atoms with Gasteiger partial charge >= 0.3 is 0 Å². The van der Waals surface area contributed by atoms with Gasteiger partial charge in [-0.2, -0.15) is 0 Å². The molecule has 0 amide bonds. The molecule has 0 fully saturated rings. The number of nitrogens with zero attached hydrogens (tertiary/aromatic N) is 2. The van der Waals surface area contributed by atoms with Crippen LogP contribution in [0.1, 0.15) is 10.7 Å². The molecule has 0 saturated heterocycles. The Kier molecular flexibility index (Phi) is 3.72. The molecule has 0 aliphatic heterocycles. The van der Waals surface area contributed by atoms with Crippen molar-refractivity contribution >= 4 is 34.0 Å². The van der Waals surface area contributed by atoms with Crippen LogP contribution in [-0.4, -0.2) is 9.55 Å². The van der Waals surface area contributed by atoms with Crippen molar-refractivity contribution in [2.24, 2.45) is 0 Å². The first kappa shape index (κ1) is 13.5. The summed E-state index contributed by atoms with van der Waals surface area (Å²) < 4.78 is 28.9. The first-order chi connectivity index (χ1) is 9.69. The molecule has 3 rings (SSSR count). The molecule has 0 N–H and O–H groups in total. The minimum Gasteiger partial charge on any atom is -0.326 e. The zero-order chi connectivity index (χ0) is 14.1. The van der Waals surface area contributed by atoms with Crippen molar-refractivity contribution in [2.75, 3.05) is 0 Å². The van der Waals surface area contributed by atoms with Crippen LogP contribution in [0.25, 0.3) is 11.0 Å². The van der Waals surface area contributed by atoms with Gasteiger partial charge in [0.15, 0.2) is 5.82 Å². The molecule has 0 saturated carbocycles. The van der Waals surface area contributed by atoms with Gasteiger partial charge in [0, 0.05) is 17.5 Å². The molecule has 0 aliphatic rings. The van der Waals surface area contributed by atoms with Crippen molar-refractivity contribution in [2.45, 2.75) is 18.8 Å². The third-order valence-electron chi connectivity index (χ3n) is 3.13. The van der Waals surface area contributed by atoms with Gasteiger partial charge in [0.2, 0.25) is 0 Å². The highest BCUT2D eigenvalue weighted by atomic mass is 35.5. The van der Waals surface area contributed by atoms with Crippen LogP contribution in [-0.2, 0) is 18.8 Å². The first-order valence-electron chi connectivity index (χ1n) is 6.11. The lowest BCUT2D eigenvalue weighted by molar-refractivity contribution is 0.589. The SMILES string of the molecule is Fc1cc(F)c2nc(CCl)n(CCc3cccs3)c2c1. The Bertz CT molecular complexity index is 737.